The highest BCUT2D eigenvalue weighted by molar-refractivity contribution is 6.30. The molecule has 1 aromatic carbocycles. The average molecular weight is 281 g/mol. The highest BCUT2D eigenvalue weighted by atomic mass is 35.5. The fourth-order valence-electron chi connectivity index (χ4n) is 1.76. The molecule has 0 unspecified atom stereocenters. The molecule has 2 aromatic rings. The highest BCUT2D eigenvalue weighted by Gasteiger charge is 2.11. The summed E-state index contributed by atoms with van der Waals surface area (Å²) in [5.41, 5.74) is 0.848. The van der Waals surface area contributed by atoms with Gasteiger partial charge in [0.05, 0.1) is 25.4 Å². The number of nitrogens with zero attached hydrogens (tertiary/aromatic N) is 1. The summed E-state index contributed by atoms with van der Waals surface area (Å²) in [5, 5.41) is 3.87. The van der Waals surface area contributed by atoms with Crippen LogP contribution in [0.5, 0.6) is 5.75 Å². The van der Waals surface area contributed by atoms with Crippen molar-refractivity contribution in [2.75, 3.05) is 13.7 Å². The molecule has 0 aliphatic rings. The SMILES string of the molecule is CCCNCc1ncc(-c2ccc(Cl)cc2OC)o1. The van der Waals surface area contributed by atoms with E-state index in [1.807, 2.05) is 6.07 Å². The summed E-state index contributed by atoms with van der Waals surface area (Å²) in [4.78, 5) is 4.24. The molecule has 1 heterocycles. The van der Waals surface area contributed by atoms with Crippen molar-refractivity contribution < 1.29 is 9.15 Å². The second-order valence-electron chi connectivity index (χ2n) is 4.14. The van der Waals surface area contributed by atoms with Gasteiger partial charge >= 0.3 is 0 Å². The molecule has 19 heavy (non-hydrogen) atoms. The summed E-state index contributed by atoms with van der Waals surface area (Å²) in [6, 6.07) is 5.43. The van der Waals surface area contributed by atoms with Crippen LogP contribution in [-0.4, -0.2) is 18.6 Å². The van der Waals surface area contributed by atoms with Crippen molar-refractivity contribution in [2.45, 2.75) is 19.9 Å². The molecule has 0 aliphatic heterocycles. The summed E-state index contributed by atoms with van der Waals surface area (Å²) < 4.78 is 11.0. The van der Waals surface area contributed by atoms with Crippen LogP contribution in [0.15, 0.2) is 28.8 Å². The van der Waals surface area contributed by atoms with Crippen LogP contribution in [0.4, 0.5) is 0 Å². The maximum Gasteiger partial charge on any atom is 0.208 e. The Labute approximate surface area is 117 Å². The van der Waals surface area contributed by atoms with E-state index in [1.165, 1.54) is 0 Å². The lowest BCUT2D eigenvalue weighted by Crippen LogP contribution is -2.13. The van der Waals surface area contributed by atoms with Crippen LogP contribution in [-0.2, 0) is 6.54 Å². The smallest absolute Gasteiger partial charge is 0.208 e. The lowest BCUT2D eigenvalue weighted by molar-refractivity contribution is 0.413. The molecule has 2 rings (SSSR count). The molecular weight excluding hydrogens is 264 g/mol. The number of rotatable bonds is 6. The van der Waals surface area contributed by atoms with Crippen LogP contribution in [0.1, 0.15) is 19.2 Å². The number of methoxy groups -OCH3 is 1. The Kier molecular flexibility index (Phi) is 4.82. The zero-order valence-electron chi connectivity index (χ0n) is 11.1. The summed E-state index contributed by atoms with van der Waals surface area (Å²) in [5.74, 6) is 2.03. The topological polar surface area (TPSA) is 47.3 Å². The number of benzene rings is 1. The lowest BCUT2D eigenvalue weighted by atomic mass is 10.1. The molecule has 5 heteroatoms. The number of ether oxygens (including phenoxy) is 1. The molecule has 0 aliphatic carbocycles. The summed E-state index contributed by atoms with van der Waals surface area (Å²) >= 11 is 5.94. The number of nitrogens with one attached hydrogen (secondary N) is 1. The van der Waals surface area contributed by atoms with E-state index in [1.54, 1.807) is 25.4 Å². The van der Waals surface area contributed by atoms with Gasteiger partial charge in [0.15, 0.2) is 5.76 Å². The Morgan fingerprint density at radius 1 is 1.42 bits per heavy atom. The molecule has 0 spiro atoms. The predicted molar refractivity (Wildman–Crippen MR) is 75.5 cm³/mol. The minimum atomic E-state index is 0.629. The summed E-state index contributed by atoms with van der Waals surface area (Å²) in [7, 11) is 1.61. The summed E-state index contributed by atoms with van der Waals surface area (Å²) in [6.45, 7) is 3.69. The third-order valence-corrected chi connectivity index (χ3v) is 2.92. The molecule has 0 atom stereocenters. The normalized spacial score (nSPS) is 10.7. The van der Waals surface area contributed by atoms with Crippen LogP contribution in [0.3, 0.4) is 0 Å². The third-order valence-electron chi connectivity index (χ3n) is 2.69. The number of aromatic nitrogens is 1. The van der Waals surface area contributed by atoms with Crippen molar-refractivity contribution >= 4 is 11.6 Å². The number of oxazole rings is 1. The maximum absolute atomic E-state index is 5.94. The highest BCUT2D eigenvalue weighted by Crippen LogP contribution is 2.32. The van der Waals surface area contributed by atoms with Gasteiger partial charge < -0.3 is 14.5 Å². The number of halogens is 1. The van der Waals surface area contributed by atoms with Crippen molar-refractivity contribution in [3.63, 3.8) is 0 Å². The van der Waals surface area contributed by atoms with Crippen LogP contribution in [0.2, 0.25) is 5.02 Å². The van der Waals surface area contributed by atoms with Crippen LogP contribution in [0.25, 0.3) is 11.3 Å². The molecule has 1 N–H and O–H groups in total. The van der Waals surface area contributed by atoms with Gasteiger partial charge in [0.1, 0.15) is 5.75 Å². The first-order valence-corrected chi connectivity index (χ1v) is 6.61. The molecule has 102 valence electrons. The Bertz CT molecular complexity index is 540. The molecule has 0 amide bonds. The monoisotopic (exact) mass is 280 g/mol. The zero-order valence-corrected chi connectivity index (χ0v) is 11.8. The molecule has 0 fully saturated rings. The van der Waals surface area contributed by atoms with Crippen LogP contribution < -0.4 is 10.1 Å². The number of hydrogen-bond acceptors (Lipinski definition) is 4. The molecule has 4 nitrogen and oxygen atoms in total. The Balaban J connectivity index is 2.18. The van der Waals surface area contributed by atoms with Crippen molar-refractivity contribution in [2.24, 2.45) is 0 Å². The summed E-state index contributed by atoms with van der Waals surface area (Å²) in [6.07, 6.45) is 2.79. The van der Waals surface area contributed by atoms with Crippen molar-refractivity contribution in [1.29, 1.82) is 0 Å². The van der Waals surface area contributed by atoms with Gasteiger partial charge in [-0.1, -0.05) is 18.5 Å². The maximum atomic E-state index is 5.94. The Hall–Kier alpha value is -1.52. The molecule has 0 saturated carbocycles. The standard InChI is InChI=1S/C14H17ClN2O2/c1-3-6-16-9-14-17-8-13(19-14)11-5-4-10(15)7-12(11)18-2/h4-5,7-8,16H,3,6,9H2,1-2H3. The van der Waals surface area contributed by atoms with Crippen molar-refractivity contribution in [3.05, 3.63) is 35.3 Å². The Morgan fingerprint density at radius 2 is 2.26 bits per heavy atom. The van der Waals surface area contributed by atoms with Crippen molar-refractivity contribution in [1.82, 2.24) is 10.3 Å². The van der Waals surface area contributed by atoms with Gasteiger partial charge in [-0.15, -0.1) is 0 Å². The zero-order chi connectivity index (χ0) is 13.7. The van der Waals surface area contributed by atoms with E-state index in [-0.39, 0.29) is 0 Å². The largest absolute Gasteiger partial charge is 0.496 e. The number of hydrogen-bond donors (Lipinski definition) is 1. The molecule has 0 saturated heterocycles. The van der Waals surface area contributed by atoms with Gasteiger partial charge in [0.25, 0.3) is 0 Å². The van der Waals surface area contributed by atoms with E-state index < -0.39 is 0 Å². The molecular formula is C14H17ClN2O2. The van der Waals surface area contributed by atoms with E-state index in [0.717, 1.165) is 18.5 Å². The van der Waals surface area contributed by atoms with E-state index in [2.05, 4.69) is 17.2 Å². The average Bonchev–Trinajstić information content (AvgIpc) is 2.87. The van der Waals surface area contributed by atoms with Crippen LogP contribution in [0, 0.1) is 0 Å². The Morgan fingerprint density at radius 3 is 3.00 bits per heavy atom. The van der Waals surface area contributed by atoms with Gasteiger partial charge in [0, 0.05) is 5.02 Å². The molecule has 0 radical (unpaired) electrons. The van der Waals surface area contributed by atoms with Gasteiger partial charge in [-0.25, -0.2) is 4.98 Å². The second-order valence-corrected chi connectivity index (χ2v) is 4.58. The fourth-order valence-corrected chi connectivity index (χ4v) is 1.92. The fraction of sp³-hybridized carbons (Fsp3) is 0.357. The van der Waals surface area contributed by atoms with E-state index in [4.69, 9.17) is 20.8 Å². The lowest BCUT2D eigenvalue weighted by Gasteiger charge is -2.05. The molecule has 1 aromatic heterocycles. The quantitative estimate of drug-likeness (QED) is 0.823. The van der Waals surface area contributed by atoms with Crippen LogP contribution >= 0.6 is 11.6 Å². The minimum absolute atomic E-state index is 0.629. The van der Waals surface area contributed by atoms with Gasteiger partial charge in [0.2, 0.25) is 5.89 Å². The van der Waals surface area contributed by atoms with Gasteiger partial charge in [-0.2, -0.15) is 0 Å². The minimum Gasteiger partial charge on any atom is -0.496 e. The predicted octanol–water partition coefficient (Wildman–Crippen LogP) is 3.50. The first-order chi connectivity index (χ1) is 9.24. The van der Waals surface area contributed by atoms with Gasteiger partial charge in [-0.05, 0) is 31.2 Å². The first kappa shape index (κ1) is 13.9. The van der Waals surface area contributed by atoms with E-state index >= 15 is 0 Å². The second kappa shape index (κ2) is 6.59. The third kappa shape index (κ3) is 3.49. The first-order valence-electron chi connectivity index (χ1n) is 6.24. The van der Waals surface area contributed by atoms with E-state index in [9.17, 15) is 0 Å². The molecule has 0 bridgehead atoms. The van der Waals surface area contributed by atoms with Gasteiger partial charge in [-0.3, -0.25) is 0 Å². The van der Waals surface area contributed by atoms with E-state index in [0.29, 0.717) is 29.0 Å². The van der Waals surface area contributed by atoms with Crippen molar-refractivity contribution in [3.8, 4) is 17.1 Å².